The highest BCUT2D eigenvalue weighted by Gasteiger charge is 2.00. The molecular weight excluding hydrogens is 230 g/mol. The molecule has 4 heteroatoms. The van der Waals surface area contributed by atoms with Crippen LogP contribution in [0.25, 0.3) is 0 Å². The van der Waals surface area contributed by atoms with Gasteiger partial charge in [-0.15, -0.1) is 11.8 Å². The number of aromatic nitrogens is 1. The summed E-state index contributed by atoms with van der Waals surface area (Å²) in [4.78, 5) is 5.61. The number of hydrogen-bond donors (Lipinski definition) is 2. The molecule has 2 aromatic rings. The Balaban J connectivity index is 2.05. The Bertz CT molecular complexity index is 500. The normalized spacial score (nSPS) is 10.2. The van der Waals surface area contributed by atoms with Crippen molar-refractivity contribution in [1.82, 2.24) is 4.98 Å². The molecule has 3 N–H and O–H groups in total. The fourth-order valence-electron chi connectivity index (χ4n) is 1.52. The lowest BCUT2D eigenvalue weighted by molar-refractivity contribution is 1.16. The van der Waals surface area contributed by atoms with E-state index in [1.165, 1.54) is 10.5 Å². The fourth-order valence-corrected chi connectivity index (χ4v) is 2.45. The number of aryl methyl sites for hydroxylation is 1. The third kappa shape index (κ3) is 3.22. The first-order chi connectivity index (χ1) is 8.29. The molecule has 1 heterocycles. The van der Waals surface area contributed by atoms with Crippen molar-refractivity contribution in [1.29, 1.82) is 0 Å². The quantitative estimate of drug-likeness (QED) is 0.494. The standard InChI is InChI=1S/C13H15N3S/c1-10-4-2-3-5-13(10)17-9-12-8-11(16-14)6-7-15-12/h2-8H,9,14H2,1H3,(H,15,16). The number of nitrogen functional groups attached to an aromatic ring is 1. The van der Waals surface area contributed by atoms with Crippen molar-refractivity contribution in [2.75, 3.05) is 5.43 Å². The number of nitrogens with two attached hydrogens (primary N) is 1. The van der Waals surface area contributed by atoms with Gasteiger partial charge in [-0.1, -0.05) is 18.2 Å². The van der Waals surface area contributed by atoms with E-state index < -0.39 is 0 Å². The summed E-state index contributed by atoms with van der Waals surface area (Å²) in [6, 6.07) is 12.2. The van der Waals surface area contributed by atoms with E-state index in [1.807, 2.05) is 12.1 Å². The molecule has 88 valence electrons. The maximum atomic E-state index is 5.37. The molecule has 0 saturated heterocycles. The second kappa shape index (κ2) is 5.70. The fraction of sp³-hybridized carbons (Fsp3) is 0.154. The Labute approximate surface area is 105 Å². The van der Waals surface area contributed by atoms with Crippen molar-refractivity contribution in [3.05, 3.63) is 53.9 Å². The molecule has 0 spiro atoms. The third-order valence-electron chi connectivity index (χ3n) is 2.45. The van der Waals surface area contributed by atoms with Crippen LogP contribution in [0.15, 0.2) is 47.5 Å². The number of thioether (sulfide) groups is 1. The van der Waals surface area contributed by atoms with E-state index in [4.69, 9.17) is 5.84 Å². The number of pyridine rings is 1. The number of nitrogens with zero attached hydrogens (tertiary/aromatic N) is 1. The van der Waals surface area contributed by atoms with Gasteiger partial charge in [-0.25, -0.2) is 0 Å². The van der Waals surface area contributed by atoms with Crippen molar-refractivity contribution in [2.24, 2.45) is 5.84 Å². The molecule has 0 saturated carbocycles. The van der Waals surface area contributed by atoms with Crippen LogP contribution in [0.3, 0.4) is 0 Å². The van der Waals surface area contributed by atoms with Crippen LogP contribution in [-0.4, -0.2) is 4.98 Å². The van der Waals surface area contributed by atoms with Gasteiger partial charge in [0.2, 0.25) is 0 Å². The molecule has 0 fully saturated rings. The minimum atomic E-state index is 0.848. The molecule has 0 bridgehead atoms. The van der Waals surface area contributed by atoms with Gasteiger partial charge in [-0.2, -0.15) is 0 Å². The van der Waals surface area contributed by atoms with Crippen LogP contribution in [0, 0.1) is 6.92 Å². The lowest BCUT2D eigenvalue weighted by Crippen LogP contribution is -2.07. The average molecular weight is 245 g/mol. The predicted octanol–water partition coefficient (Wildman–Crippen LogP) is 2.97. The summed E-state index contributed by atoms with van der Waals surface area (Å²) in [6.07, 6.45) is 1.77. The molecule has 0 atom stereocenters. The Hall–Kier alpha value is -1.52. The molecule has 17 heavy (non-hydrogen) atoms. The average Bonchev–Trinajstić information content (AvgIpc) is 2.38. The largest absolute Gasteiger partial charge is 0.324 e. The van der Waals surface area contributed by atoms with Crippen molar-refractivity contribution >= 4 is 17.4 Å². The van der Waals surface area contributed by atoms with Gasteiger partial charge < -0.3 is 5.43 Å². The van der Waals surface area contributed by atoms with Crippen LogP contribution in [-0.2, 0) is 5.75 Å². The number of benzene rings is 1. The van der Waals surface area contributed by atoms with Gasteiger partial charge in [0.15, 0.2) is 0 Å². The van der Waals surface area contributed by atoms with E-state index >= 15 is 0 Å². The molecular formula is C13H15N3S. The Morgan fingerprint density at radius 1 is 1.29 bits per heavy atom. The molecule has 1 aromatic heterocycles. The number of nitrogens with one attached hydrogen (secondary N) is 1. The molecule has 2 rings (SSSR count). The van der Waals surface area contributed by atoms with Gasteiger partial charge in [0.25, 0.3) is 0 Å². The molecule has 3 nitrogen and oxygen atoms in total. The molecule has 0 aliphatic rings. The van der Waals surface area contributed by atoms with Gasteiger partial charge in [0.1, 0.15) is 0 Å². The van der Waals surface area contributed by atoms with Crippen molar-refractivity contribution in [2.45, 2.75) is 17.6 Å². The highest BCUT2D eigenvalue weighted by Crippen LogP contribution is 2.25. The van der Waals surface area contributed by atoms with Crippen LogP contribution >= 0.6 is 11.8 Å². The van der Waals surface area contributed by atoms with Crippen molar-refractivity contribution in [3.63, 3.8) is 0 Å². The maximum absolute atomic E-state index is 5.37. The number of rotatable bonds is 4. The van der Waals surface area contributed by atoms with Crippen LogP contribution in [0.2, 0.25) is 0 Å². The first-order valence-corrected chi connectivity index (χ1v) is 6.38. The monoisotopic (exact) mass is 245 g/mol. The third-order valence-corrected chi connectivity index (χ3v) is 3.66. The molecule has 1 aromatic carbocycles. The van der Waals surface area contributed by atoms with Crippen molar-refractivity contribution < 1.29 is 0 Å². The smallest absolute Gasteiger partial charge is 0.0527 e. The van der Waals surface area contributed by atoms with E-state index in [0.717, 1.165) is 17.1 Å². The van der Waals surface area contributed by atoms with Crippen LogP contribution in [0.1, 0.15) is 11.3 Å². The summed E-state index contributed by atoms with van der Waals surface area (Å²) in [5.41, 5.74) is 5.84. The van der Waals surface area contributed by atoms with E-state index in [2.05, 4.69) is 41.6 Å². The maximum Gasteiger partial charge on any atom is 0.0527 e. The Morgan fingerprint density at radius 3 is 2.88 bits per heavy atom. The zero-order valence-corrected chi connectivity index (χ0v) is 10.5. The van der Waals surface area contributed by atoms with E-state index in [9.17, 15) is 0 Å². The summed E-state index contributed by atoms with van der Waals surface area (Å²) in [7, 11) is 0. The minimum absolute atomic E-state index is 0.848. The first kappa shape index (κ1) is 12.0. The Kier molecular flexibility index (Phi) is 4.01. The molecule has 0 radical (unpaired) electrons. The summed E-state index contributed by atoms with van der Waals surface area (Å²) in [5.74, 6) is 6.21. The van der Waals surface area contributed by atoms with Gasteiger partial charge in [-0.3, -0.25) is 10.8 Å². The highest BCUT2D eigenvalue weighted by atomic mass is 32.2. The number of hydrogen-bond acceptors (Lipinski definition) is 4. The number of hydrazine groups is 1. The topological polar surface area (TPSA) is 50.9 Å². The van der Waals surface area contributed by atoms with E-state index in [-0.39, 0.29) is 0 Å². The number of anilines is 1. The van der Waals surface area contributed by atoms with E-state index in [1.54, 1.807) is 18.0 Å². The van der Waals surface area contributed by atoms with Crippen molar-refractivity contribution in [3.8, 4) is 0 Å². The highest BCUT2D eigenvalue weighted by molar-refractivity contribution is 7.98. The van der Waals surface area contributed by atoms with Crippen LogP contribution < -0.4 is 11.3 Å². The lowest BCUT2D eigenvalue weighted by Gasteiger charge is -2.06. The second-order valence-corrected chi connectivity index (χ2v) is 4.75. The lowest BCUT2D eigenvalue weighted by atomic mass is 10.2. The summed E-state index contributed by atoms with van der Waals surface area (Å²) >= 11 is 1.79. The van der Waals surface area contributed by atoms with Gasteiger partial charge >= 0.3 is 0 Å². The molecule has 0 aliphatic carbocycles. The van der Waals surface area contributed by atoms with Crippen LogP contribution in [0.5, 0.6) is 0 Å². The molecule has 0 unspecified atom stereocenters. The second-order valence-electron chi connectivity index (χ2n) is 3.73. The zero-order chi connectivity index (χ0) is 12.1. The predicted molar refractivity (Wildman–Crippen MR) is 72.8 cm³/mol. The van der Waals surface area contributed by atoms with Gasteiger partial charge in [0.05, 0.1) is 11.4 Å². The van der Waals surface area contributed by atoms with Crippen LogP contribution in [0.4, 0.5) is 5.69 Å². The van der Waals surface area contributed by atoms with Gasteiger partial charge in [0, 0.05) is 16.8 Å². The molecule has 0 aliphatic heterocycles. The summed E-state index contributed by atoms with van der Waals surface area (Å²) in [5, 5.41) is 0. The summed E-state index contributed by atoms with van der Waals surface area (Å²) in [6.45, 7) is 2.12. The first-order valence-electron chi connectivity index (χ1n) is 5.39. The zero-order valence-electron chi connectivity index (χ0n) is 9.68. The summed E-state index contributed by atoms with van der Waals surface area (Å²) < 4.78 is 0. The Morgan fingerprint density at radius 2 is 2.12 bits per heavy atom. The molecule has 0 amide bonds. The van der Waals surface area contributed by atoms with E-state index in [0.29, 0.717) is 0 Å². The SMILES string of the molecule is Cc1ccccc1SCc1cc(NN)ccn1. The van der Waals surface area contributed by atoms with Gasteiger partial charge in [-0.05, 0) is 30.7 Å². The minimum Gasteiger partial charge on any atom is -0.324 e.